The van der Waals surface area contributed by atoms with Crippen molar-refractivity contribution >= 4 is 55.4 Å². The molecule has 186 valence electrons. The van der Waals surface area contributed by atoms with E-state index in [0.717, 1.165) is 65.6 Å². The zero-order valence-electron chi connectivity index (χ0n) is 21.0. The van der Waals surface area contributed by atoms with Gasteiger partial charge in [0.15, 0.2) is 0 Å². The molecule has 3 nitrogen and oxygen atoms in total. The number of para-hydroxylation sites is 1. The Labute approximate surface area is 232 Å². The Balaban J connectivity index is 1.39. The van der Waals surface area contributed by atoms with Crippen LogP contribution in [0.2, 0.25) is 0 Å². The van der Waals surface area contributed by atoms with Crippen LogP contribution < -0.4 is 0 Å². The number of fused-ring (bicyclic) bond motifs is 5. The van der Waals surface area contributed by atoms with Crippen LogP contribution in [0.3, 0.4) is 0 Å². The first-order chi connectivity index (χ1) is 19.2. The fraction of sp³-hybridized carbons (Fsp3) is 0.0294. The van der Waals surface area contributed by atoms with Crippen LogP contribution in [0.15, 0.2) is 128 Å². The standard InChI is InChI=1S/C34H21NO2S2/c1-39(36)32-16-14-20(21-13-15-23-22-7-2-4-10-28(22)37-29(23)18-21)17-25(32)26-19-35-27-9-6-12-31-34(27)33(26)24-8-3-5-11-30(24)38-31/h2-19H,1H3. The van der Waals surface area contributed by atoms with Gasteiger partial charge in [0.1, 0.15) is 11.2 Å². The molecule has 0 N–H and O–H groups in total. The molecule has 8 rings (SSSR count). The summed E-state index contributed by atoms with van der Waals surface area (Å²) < 4.78 is 19.2. The van der Waals surface area contributed by atoms with Crippen molar-refractivity contribution in [2.75, 3.05) is 6.26 Å². The molecule has 0 aliphatic carbocycles. The van der Waals surface area contributed by atoms with E-state index in [0.29, 0.717) is 0 Å². The first-order valence-corrected chi connectivity index (χ1v) is 15.1. The van der Waals surface area contributed by atoms with Crippen molar-refractivity contribution in [1.29, 1.82) is 0 Å². The van der Waals surface area contributed by atoms with E-state index in [-0.39, 0.29) is 0 Å². The van der Waals surface area contributed by atoms with Gasteiger partial charge in [-0.15, -0.1) is 0 Å². The Kier molecular flexibility index (Phi) is 5.06. The van der Waals surface area contributed by atoms with E-state index in [4.69, 9.17) is 9.40 Å². The number of aromatic nitrogens is 1. The molecule has 5 heteroatoms. The lowest BCUT2D eigenvalue weighted by Crippen LogP contribution is -2.00. The second-order valence-corrected chi connectivity index (χ2v) is 12.2. The second-order valence-electron chi connectivity index (χ2n) is 9.77. The van der Waals surface area contributed by atoms with Crippen LogP contribution in [0.1, 0.15) is 0 Å². The molecule has 1 aliphatic rings. The van der Waals surface area contributed by atoms with Crippen molar-refractivity contribution in [3.05, 3.63) is 109 Å². The van der Waals surface area contributed by atoms with E-state index >= 15 is 0 Å². The van der Waals surface area contributed by atoms with E-state index in [9.17, 15) is 4.21 Å². The largest absolute Gasteiger partial charge is 0.456 e. The minimum atomic E-state index is -1.18. The second kappa shape index (κ2) is 8.67. The predicted octanol–water partition coefficient (Wildman–Crippen LogP) is 9.34. The van der Waals surface area contributed by atoms with Gasteiger partial charge < -0.3 is 4.42 Å². The highest BCUT2D eigenvalue weighted by molar-refractivity contribution is 7.99. The highest BCUT2D eigenvalue weighted by Crippen LogP contribution is 2.51. The van der Waals surface area contributed by atoms with Gasteiger partial charge in [-0.3, -0.25) is 9.19 Å². The van der Waals surface area contributed by atoms with Crippen molar-refractivity contribution < 1.29 is 8.63 Å². The normalized spacial score (nSPS) is 13.2. The molecule has 1 unspecified atom stereocenters. The van der Waals surface area contributed by atoms with Crippen molar-refractivity contribution in [2.45, 2.75) is 14.7 Å². The Morgan fingerprint density at radius 1 is 0.692 bits per heavy atom. The third-order valence-electron chi connectivity index (χ3n) is 7.52. The Morgan fingerprint density at radius 2 is 1.46 bits per heavy atom. The number of pyridine rings is 1. The van der Waals surface area contributed by atoms with E-state index in [1.807, 2.05) is 30.5 Å². The van der Waals surface area contributed by atoms with E-state index < -0.39 is 10.8 Å². The Hall–Kier alpha value is -4.19. The molecular formula is C34H21NO2S2. The van der Waals surface area contributed by atoms with Gasteiger partial charge in [0, 0.05) is 60.0 Å². The van der Waals surface area contributed by atoms with Crippen LogP contribution in [-0.2, 0) is 10.8 Å². The minimum absolute atomic E-state index is 0.800. The molecule has 0 amide bonds. The predicted molar refractivity (Wildman–Crippen MR) is 162 cm³/mol. The summed E-state index contributed by atoms with van der Waals surface area (Å²) in [6, 6.07) is 35.5. The number of rotatable bonds is 3. The monoisotopic (exact) mass is 539 g/mol. The maximum atomic E-state index is 13.0. The molecule has 0 fully saturated rings. The lowest BCUT2D eigenvalue weighted by Gasteiger charge is -2.23. The molecule has 1 aliphatic heterocycles. The summed E-state index contributed by atoms with van der Waals surface area (Å²) in [5.74, 6) is 0. The smallest absolute Gasteiger partial charge is 0.136 e. The van der Waals surface area contributed by atoms with Crippen molar-refractivity contribution in [2.24, 2.45) is 0 Å². The first-order valence-electron chi connectivity index (χ1n) is 12.7. The highest BCUT2D eigenvalue weighted by atomic mass is 32.2. The summed E-state index contributed by atoms with van der Waals surface area (Å²) in [4.78, 5) is 8.09. The molecular weight excluding hydrogens is 519 g/mol. The quantitative estimate of drug-likeness (QED) is 0.224. The van der Waals surface area contributed by atoms with Gasteiger partial charge >= 0.3 is 0 Å². The van der Waals surface area contributed by atoms with Crippen molar-refractivity contribution in [3.8, 4) is 33.4 Å². The molecule has 0 spiro atoms. The van der Waals surface area contributed by atoms with Gasteiger partial charge in [0.25, 0.3) is 0 Å². The SMILES string of the molecule is CS(=O)c1ccc(-c2ccc3c(c2)oc2ccccc23)cc1-c1cnc2cccc3c2c1-c1ccccc1S3. The fourth-order valence-electron chi connectivity index (χ4n) is 5.74. The molecule has 0 saturated carbocycles. The summed E-state index contributed by atoms with van der Waals surface area (Å²) in [6.45, 7) is 0. The summed E-state index contributed by atoms with van der Waals surface area (Å²) in [6.07, 6.45) is 3.69. The average molecular weight is 540 g/mol. The van der Waals surface area contributed by atoms with E-state index in [1.165, 1.54) is 15.4 Å². The van der Waals surface area contributed by atoms with Crippen LogP contribution in [0.5, 0.6) is 0 Å². The summed E-state index contributed by atoms with van der Waals surface area (Å²) >= 11 is 1.78. The van der Waals surface area contributed by atoms with Gasteiger partial charge in [-0.2, -0.15) is 0 Å². The first kappa shape index (κ1) is 22.8. The molecule has 39 heavy (non-hydrogen) atoms. The maximum absolute atomic E-state index is 13.0. The number of benzene rings is 5. The average Bonchev–Trinajstić information content (AvgIpc) is 3.35. The van der Waals surface area contributed by atoms with Crippen LogP contribution in [0, 0.1) is 0 Å². The molecule has 2 aromatic heterocycles. The Morgan fingerprint density at radius 3 is 2.38 bits per heavy atom. The molecule has 0 bridgehead atoms. The highest BCUT2D eigenvalue weighted by Gasteiger charge is 2.25. The lowest BCUT2D eigenvalue weighted by molar-refractivity contribution is 0.669. The van der Waals surface area contributed by atoms with Gasteiger partial charge in [-0.05, 0) is 65.2 Å². The van der Waals surface area contributed by atoms with Crippen LogP contribution >= 0.6 is 11.8 Å². The minimum Gasteiger partial charge on any atom is -0.456 e. The van der Waals surface area contributed by atoms with Gasteiger partial charge in [0.05, 0.1) is 16.3 Å². The summed E-state index contributed by atoms with van der Waals surface area (Å²) in [5, 5.41) is 3.37. The van der Waals surface area contributed by atoms with E-state index in [2.05, 4.69) is 78.9 Å². The van der Waals surface area contributed by atoms with Gasteiger partial charge in [-0.1, -0.05) is 66.4 Å². The molecule has 3 heterocycles. The fourth-order valence-corrected chi connectivity index (χ4v) is 7.59. The number of nitrogens with zero attached hydrogens (tertiary/aromatic N) is 1. The lowest BCUT2D eigenvalue weighted by atomic mass is 9.90. The number of hydrogen-bond acceptors (Lipinski definition) is 4. The summed E-state index contributed by atoms with van der Waals surface area (Å²) in [7, 11) is -1.18. The van der Waals surface area contributed by atoms with Gasteiger partial charge in [0.2, 0.25) is 0 Å². The Bertz CT molecular complexity index is 2140. The molecule has 0 saturated heterocycles. The van der Waals surface area contributed by atoms with Gasteiger partial charge in [-0.25, -0.2) is 0 Å². The molecule has 0 radical (unpaired) electrons. The zero-order chi connectivity index (χ0) is 26.1. The zero-order valence-corrected chi connectivity index (χ0v) is 22.6. The molecule has 1 atom stereocenters. The number of furan rings is 1. The topological polar surface area (TPSA) is 43.1 Å². The van der Waals surface area contributed by atoms with Crippen LogP contribution in [-0.4, -0.2) is 15.4 Å². The maximum Gasteiger partial charge on any atom is 0.136 e. The number of hydrogen-bond donors (Lipinski definition) is 0. The van der Waals surface area contributed by atoms with E-state index in [1.54, 1.807) is 18.0 Å². The van der Waals surface area contributed by atoms with Crippen molar-refractivity contribution in [1.82, 2.24) is 4.98 Å². The third kappa shape index (κ3) is 3.50. The molecule has 7 aromatic rings. The molecule has 5 aromatic carbocycles. The van der Waals surface area contributed by atoms with Crippen LogP contribution in [0.25, 0.3) is 66.2 Å². The van der Waals surface area contributed by atoms with Crippen LogP contribution in [0.4, 0.5) is 0 Å². The van der Waals surface area contributed by atoms with Crippen molar-refractivity contribution in [3.63, 3.8) is 0 Å². The third-order valence-corrected chi connectivity index (χ3v) is 9.64. The summed E-state index contributed by atoms with van der Waals surface area (Å²) in [5.41, 5.74) is 9.09.